The lowest BCUT2D eigenvalue weighted by Gasteiger charge is -2.07. The number of hydrogen-bond donors (Lipinski definition) is 1. The van der Waals surface area contributed by atoms with E-state index in [9.17, 15) is 4.79 Å². The number of methoxy groups -OCH3 is 1. The summed E-state index contributed by atoms with van der Waals surface area (Å²) in [5.74, 6) is 0.696. The average molecular weight is 205 g/mol. The summed E-state index contributed by atoms with van der Waals surface area (Å²) in [6.45, 7) is 2.29. The number of amides is 1. The molecule has 1 N–H and O–H groups in total. The van der Waals surface area contributed by atoms with Crippen LogP contribution in [0.5, 0.6) is 5.75 Å². The van der Waals surface area contributed by atoms with Crippen molar-refractivity contribution in [3.8, 4) is 5.75 Å². The summed E-state index contributed by atoms with van der Waals surface area (Å²) in [6.07, 6.45) is 3.20. The van der Waals surface area contributed by atoms with Crippen molar-refractivity contribution in [2.45, 2.75) is 13.5 Å². The molecule has 1 rings (SSSR count). The number of rotatable bonds is 4. The van der Waals surface area contributed by atoms with Gasteiger partial charge in [0.25, 0.3) is 0 Å². The zero-order valence-electron chi connectivity index (χ0n) is 8.99. The van der Waals surface area contributed by atoms with Gasteiger partial charge in [0.2, 0.25) is 5.91 Å². The third-order valence-corrected chi connectivity index (χ3v) is 1.96. The maximum Gasteiger partial charge on any atom is 0.243 e. The van der Waals surface area contributed by atoms with Gasteiger partial charge < -0.3 is 10.1 Å². The number of carbonyl (C=O) groups is 1. The fourth-order valence-corrected chi connectivity index (χ4v) is 1.24. The van der Waals surface area contributed by atoms with Crippen molar-refractivity contribution < 1.29 is 9.53 Å². The van der Waals surface area contributed by atoms with Crippen LogP contribution in [0.2, 0.25) is 0 Å². The van der Waals surface area contributed by atoms with Gasteiger partial charge in [0.15, 0.2) is 0 Å². The fourth-order valence-electron chi connectivity index (χ4n) is 1.24. The zero-order chi connectivity index (χ0) is 11.1. The summed E-state index contributed by atoms with van der Waals surface area (Å²) in [7, 11) is 1.62. The maximum absolute atomic E-state index is 11.2. The van der Waals surface area contributed by atoms with Crippen molar-refractivity contribution >= 4 is 5.91 Å². The summed E-state index contributed by atoms with van der Waals surface area (Å²) in [5.41, 5.74) is 0.970. The average Bonchev–Trinajstić information content (AvgIpc) is 2.27. The predicted octanol–water partition coefficient (Wildman–Crippen LogP) is 1.89. The van der Waals surface area contributed by atoms with Crippen LogP contribution in [0.1, 0.15) is 12.5 Å². The molecule has 3 nitrogen and oxygen atoms in total. The van der Waals surface area contributed by atoms with Crippen LogP contribution in [-0.4, -0.2) is 13.0 Å². The van der Waals surface area contributed by atoms with Gasteiger partial charge in [-0.3, -0.25) is 4.79 Å². The van der Waals surface area contributed by atoms with E-state index in [1.165, 1.54) is 6.08 Å². The van der Waals surface area contributed by atoms with E-state index in [-0.39, 0.29) is 5.91 Å². The van der Waals surface area contributed by atoms with E-state index in [0.717, 1.165) is 11.3 Å². The molecule has 0 bridgehead atoms. The summed E-state index contributed by atoms with van der Waals surface area (Å²) in [4.78, 5) is 11.2. The number of para-hydroxylation sites is 1. The lowest BCUT2D eigenvalue weighted by molar-refractivity contribution is -0.116. The molecule has 0 heterocycles. The Morgan fingerprint density at radius 1 is 1.47 bits per heavy atom. The van der Waals surface area contributed by atoms with Crippen molar-refractivity contribution in [2.24, 2.45) is 0 Å². The van der Waals surface area contributed by atoms with Gasteiger partial charge >= 0.3 is 0 Å². The molecule has 0 aromatic heterocycles. The number of hydrogen-bond acceptors (Lipinski definition) is 2. The van der Waals surface area contributed by atoms with Crippen molar-refractivity contribution in [1.29, 1.82) is 0 Å². The van der Waals surface area contributed by atoms with Gasteiger partial charge in [0, 0.05) is 12.1 Å². The monoisotopic (exact) mass is 205 g/mol. The van der Waals surface area contributed by atoms with E-state index >= 15 is 0 Å². The van der Waals surface area contributed by atoms with Gasteiger partial charge in [0.1, 0.15) is 5.75 Å². The van der Waals surface area contributed by atoms with E-state index in [1.807, 2.05) is 31.2 Å². The zero-order valence-corrected chi connectivity index (χ0v) is 8.99. The highest BCUT2D eigenvalue weighted by Crippen LogP contribution is 2.16. The molecule has 15 heavy (non-hydrogen) atoms. The summed E-state index contributed by atoms with van der Waals surface area (Å²) in [5, 5.41) is 2.77. The molecule has 1 aromatic rings. The molecule has 1 aromatic carbocycles. The molecule has 0 saturated carbocycles. The van der Waals surface area contributed by atoms with Crippen LogP contribution in [0.15, 0.2) is 36.4 Å². The van der Waals surface area contributed by atoms with Crippen LogP contribution in [0, 0.1) is 0 Å². The SMILES string of the molecule is CC=CC(=O)NCc1ccccc1OC. The van der Waals surface area contributed by atoms with Crippen molar-refractivity contribution in [2.75, 3.05) is 7.11 Å². The molecule has 0 fully saturated rings. The first-order valence-corrected chi connectivity index (χ1v) is 4.80. The molecule has 3 heteroatoms. The van der Waals surface area contributed by atoms with Crippen LogP contribution < -0.4 is 10.1 Å². The highest BCUT2D eigenvalue weighted by Gasteiger charge is 2.01. The van der Waals surface area contributed by atoms with E-state index in [2.05, 4.69) is 5.32 Å². The Hall–Kier alpha value is -1.77. The van der Waals surface area contributed by atoms with Crippen LogP contribution in [0.25, 0.3) is 0 Å². The first-order chi connectivity index (χ1) is 7.27. The Bertz CT molecular complexity index is 358. The van der Waals surface area contributed by atoms with E-state index < -0.39 is 0 Å². The number of benzene rings is 1. The number of allylic oxidation sites excluding steroid dienone is 1. The Morgan fingerprint density at radius 3 is 2.87 bits per heavy atom. The van der Waals surface area contributed by atoms with E-state index in [0.29, 0.717) is 6.54 Å². The molecule has 1 amide bonds. The Labute approximate surface area is 89.8 Å². The summed E-state index contributed by atoms with van der Waals surface area (Å²) in [6, 6.07) is 7.61. The Morgan fingerprint density at radius 2 is 2.20 bits per heavy atom. The number of ether oxygens (including phenoxy) is 1. The van der Waals surface area contributed by atoms with E-state index in [4.69, 9.17) is 4.74 Å². The Kier molecular flexibility index (Phi) is 4.41. The topological polar surface area (TPSA) is 38.3 Å². The summed E-state index contributed by atoms with van der Waals surface area (Å²) >= 11 is 0. The van der Waals surface area contributed by atoms with Crippen molar-refractivity contribution in [3.05, 3.63) is 42.0 Å². The molecular weight excluding hydrogens is 190 g/mol. The van der Waals surface area contributed by atoms with Gasteiger partial charge in [-0.25, -0.2) is 0 Å². The molecule has 0 aliphatic rings. The largest absolute Gasteiger partial charge is 0.496 e. The molecule has 80 valence electrons. The van der Waals surface area contributed by atoms with Crippen molar-refractivity contribution in [1.82, 2.24) is 5.32 Å². The highest BCUT2D eigenvalue weighted by molar-refractivity contribution is 5.87. The predicted molar refractivity (Wildman–Crippen MR) is 59.7 cm³/mol. The van der Waals surface area contributed by atoms with Crippen molar-refractivity contribution in [3.63, 3.8) is 0 Å². The standard InChI is InChI=1S/C12H15NO2/c1-3-6-12(14)13-9-10-7-4-5-8-11(10)15-2/h3-8H,9H2,1-2H3,(H,13,14). The van der Waals surface area contributed by atoms with Crippen LogP contribution in [-0.2, 0) is 11.3 Å². The third kappa shape index (κ3) is 3.46. The molecule has 0 aliphatic heterocycles. The first kappa shape index (κ1) is 11.3. The normalized spacial score (nSPS) is 10.3. The maximum atomic E-state index is 11.2. The molecule has 0 radical (unpaired) electrons. The van der Waals surface area contributed by atoms with Gasteiger partial charge in [-0.2, -0.15) is 0 Å². The number of nitrogens with one attached hydrogen (secondary N) is 1. The lowest BCUT2D eigenvalue weighted by atomic mass is 10.2. The second-order valence-corrected chi connectivity index (χ2v) is 3.03. The van der Waals surface area contributed by atoms with Gasteiger partial charge in [0.05, 0.1) is 7.11 Å². The second kappa shape index (κ2) is 5.86. The van der Waals surface area contributed by atoms with Crippen LogP contribution >= 0.6 is 0 Å². The van der Waals surface area contributed by atoms with Crippen LogP contribution in [0.4, 0.5) is 0 Å². The van der Waals surface area contributed by atoms with E-state index in [1.54, 1.807) is 13.2 Å². The lowest BCUT2D eigenvalue weighted by Crippen LogP contribution is -2.20. The smallest absolute Gasteiger partial charge is 0.243 e. The molecule has 0 saturated heterocycles. The molecular formula is C12H15NO2. The minimum Gasteiger partial charge on any atom is -0.496 e. The molecule has 0 spiro atoms. The number of carbonyl (C=O) groups excluding carboxylic acids is 1. The first-order valence-electron chi connectivity index (χ1n) is 4.80. The van der Waals surface area contributed by atoms with Crippen LogP contribution in [0.3, 0.4) is 0 Å². The second-order valence-electron chi connectivity index (χ2n) is 3.03. The quantitative estimate of drug-likeness (QED) is 0.762. The van der Waals surface area contributed by atoms with Gasteiger partial charge in [-0.1, -0.05) is 24.3 Å². The Balaban J connectivity index is 2.60. The fraction of sp³-hybridized carbons (Fsp3) is 0.250. The van der Waals surface area contributed by atoms with Gasteiger partial charge in [-0.05, 0) is 19.1 Å². The minimum atomic E-state index is -0.0941. The minimum absolute atomic E-state index is 0.0941. The molecule has 0 aliphatic carbocycles. The molecule has 0 unspecified atom stereocenters. The third-order valence-electron chi connectivity index (χ3n) is 1.96. The summed E-state index contributed by atoms with van der Waals surface area (Å²) < 4.78 is 5.17. The molecule has 0 atom stereocenters. The highest BCUT2D eigenvalue weighted by atomic mass is 16.5. The van der Waals surface area contributed by atoms with Gasteiger partial charge in [-0.15, -0.1) is 0 Å².